The van der Waals surface area contributed by atoms with E-state index in [-0.39, 0.29) is 11.4 Å². The topological polar surface area (TPSA) is 98.5 Å². The minimum absolute atomic E-state index is 0.121. The zero-order valence-corrected chi connectivity index (χ0v) is 15.5. The number of benzene rings is 2. The number of hydrogen-bond acceptors (Lipinski definition) is 5. The first kappa shape index (κ1) is 20.1. The van der Waals surface area contributed by atoms with Crippen molar-refractivity contribution in [2.24, 2.45) is 0 Å². The number of aryl methyl sites for hydroxylation is 1. The second-order valence-electron chi connectivity index (χ2n) is 6.19. The first-order valence-electron chi connectivity index (χ1n) is 8.61. The van der Waals surface area contributed by atoms with Crippen LogP contribution < -0.4 is 5.32 Å². The zero-order valence-electron chi connectivity index (χ0n) is 15.5. The molecule has 0 bridgehead atoms. The third-order valence-corrected chi connectivity index (χ3v) is 4.42. The number of esters is 1. The fourth-order valence-electron chi connectivity index (χ4n) is 2.75. The number of nitro groups is 1. The summed E-state index contributed by atoms with van der Waals surface area (Å²) in [5.41, 5.74) is 2.14. The Morgan fingerprint density at radius 2 is 1.81 bits per heavy atom. The van der Waals surface area contributed by atoms with Gasteiger partial charge in [0.1, 0.15) is 5.69 Å². The molecule has 0 saturated carbocycles. The molecule has 2 aromatic rings. The number of rotatable bonds is 7. The van der Waals surface area contributed by atoms with Gasteiger partial charge in [-0.3, -0.25) is 19.7 Å². The second-order valence-corrected chi connectivity index (χ2v) is 6.19. The molecule has 0 unspecified atom stereocenters. The van der Waals surface area contributed by atoms with Gasteiger partial charge in [-0.25, -0.2) is 0 Å². The standard InChI is InChI=1S/C20H22N2O5/c1-4-16(15-8-6-5-7-9-15)20(24)27-12-18(23)21-19-14(3)13(2)10-11-17(19)22(25)26/h5-11,16H,4,12H2,1-3H3,(H,21,23)/t16-/m0/s1. The maximum atomic E-state index is 12.3. The van der Waals surface area contributed by atoms with Crippen molar-refractivity contribution in [2.45, 2.75) is 33.1 Å². The Kier molecular flexibility index (Phi) is 6.65. The molecule has 0 spiro atoms. The van der Waals surface area contributed by atoms with Crippen LogP contribution in [0.15, 0.2) is 42.5 Å². The van der Waals surface area contributed by atoms with E-state index in [1.807, 2.05) is 37.3 Å². The quantitative estimate of drug-likeness (QED) is 0.453. The van der Waals surface area contributed by atoms with Crippen LogP contribution in [0.2, 0.25) is 0 Å². The third-order valence-electron chi connectivity index (χ3n) is 4.42. The third kappa shape index (κ3) is 4.91. The Hall–Kier alpha value is -3.22. The molecule has 7 nitrogen and oxygen atoms in total. The summed E-state index contributed by atoms with van der Waals surface area (Å²) in [6, 6.07) is 12.1. The predicted molar refractivity (Wildman–Crippen MR) is 102 cm³/mol. The van der Waals surface area contributed by atoms with E-state index in [2.05, 4.69) is 5.32 Å². The molecule has 0 aliphatic carbocycles. The minimum atomic E-state index is -0.622. The van der Waals surface area contributed by atoms with Crippen molar-refractivity contribution in [1.82, 2.24) is 0 Å². The Labute approximate surface area is 157 Å². The van der Waals surface area contributed by atoms with Crippen molar-refractivity contribution in [3.05, 3.63) is 69.3 Å². The molecule has 0 radical (unpaired) electrons. The lowest BCUT2D eigenvalue weighted by atomic mass is 9.97. The van der Waals surface area contributed by atoms with Crippen LogP contribution in [0.1, 0.15) is 36.0 Å². The second kappa shape index (κ2) is 8.93. The summed E-state index contributed by atoms with van der Waals surface area (Å²) in [7, 11) is 0. The van der Waals surface area contributed by atoms with Gasteiger partial charge >= 0.3 is 5.97 Å². The molecule has 0 aromatic heterocycles. The summed E-state index contributed by atoms with van der Waals surface area (Å²) in [4.78, 5) is 35.1. The van der Waals surface area contributed by atoms with E-state index in [0.29, 0.717) is 12.0 Å². The molecular formula is C20H22N2O5. The maximum Gasteiger partial charge on any atom is 0.313 e. The molecule has 1 N–H and O–H groups in total. The van der Waals surface area contributed by atoms with Crippen LogP contribution in [-0.4, -0.2) is 23.4 Å². The van der Waals surface area contributed by atoms with Crippen LogP contribution in [0.3, 0.4) is 0 Å². The van der Waals surface area contributed by atoms with Crippen LogP contribution in [0.25, 0.3) is 0 Å². The number of carbonyl (C=O) groups excluding carboxylic acids is 2. The maximum absolute atomic E-state index is 12.3. The fourth-order valence-corrected chi connectivity index (χ4v) is 2.75. The van der Waals surface area contributed by atoms with Crippen molar-refractivity contribution in [3.8, 4) is 0 Å². The SMILES string of the molecule is CC[C@H](C(=O)OCC(=O)Nc1c([N+](=O)[O-])ccc(C)c1C)c1ccccc1. The first-order valence-corrected chi connectivity index (χ1v) is 8.61. The van der Waals surface area contributed by atoms with E-state index < -0.39 is 29.3 Å². The van der Waals surface area contributed by atoms with Crippen molar-refractivity contribution < 1.29 is 19.2 Å². The first-order chi connectivity index (χ1) is 12.8. The van der Waals surface area contributed by atoms with Crippen molar-refractivity contribution in [2.75, 3.05) is 11.9 Å². The molecule has 0 aliphatic heterocycles. The van der Waals surface area contributed by atoms with Crippen LogP contribution >= 0.6 is 0 Å². The molecule has 0 saturated heterocycles. The normalized spacial score (nSPS) is 11.5. The molecular weight excluding hydrogens is 348 g/mol. The molecule has 1 atom stereocenters. The molecule has 1 amide bonds. The molecule has 7 heteroatoms. The van der Waals surface area contributed by atoms with Gasteiger partial charge in [0.25, 0.3) is 11.6 Å². The number of amides is 1. The van der Waals surface area contributed by atoms with Gasteiger partial charge in [-0.2, -0.15) is 0 Å². The van der Waals surface area contributed by atoms with Gasteiger partial charge in [-0.15, -0.1) is 0 Å². The summed E-state index contributed by atoms with van der Waals surface area (Å²) in [5, 5.41) is 13.7. The number of hydrogen-bond donors (Lipinski definition) is 1. The Bertz CT molecular complexity index is 849. The van der Waals surface area contributed by atoms with Crippen LogP contribution in [0, 0.1) is 24.0 Å². The lowest BCUT2D eigenvalue weighted by molar-refractivity contribution is -0.384. The van der Waals surface area contributed by atoms with Crippen LogP contribution in [-0.2, 0) is 14.3 Å². The van der Waals surface area contributed by atoms with Gasteiger partial charge in [-0.1, -0.05) is 43.3 Å². The summed E-state index contributed by atoms with van der Waals surface area (Å²) in [6.07, 6.45) is 0.535. The summed E-state index contributed by atoms with van der Waals surface area (Å²) < 4.78 is 5.13. The highest BCUT2D eigenvalue weighted by Crippen LogP contribution is 2.30. The van der Waals surface area contributed by atoms with E-state index in [0.717, 1.165) is 11.1 Å². The van der Waals surface area contributed by atoms with Gasteiger partial charge in [-0.05, 0) is 37.0 Å². The van der Waals surface area contributed by atoms with Gasteiger partial charge in [0.05, 0.1) is 10.8 Å². The molecule has 0 heterocycles. The average molecular weight is 370 g/mol. The number of nitro benzene ring substituents is 1. The highest BCUT2D eigenvalue weighted by molar-refractivity contribution is 5.96. The monoisotopic (exact) mass is 370 g/mol. The van der Waals surface area contributed by atoms with E-state index in [1.165, 1.54) is 6.07 Å². The lowest BCUT2D eigenvalue weighted by Gasteiger charge is -2.15. The molecule has 2 aromatic carbocycles. The smallest absolute Gasteiger partial charge is 0.313 e. The summed E-state index contributed by atoms with van der Waals surface area (Å²) >= 11 is 0. The van der Waals surface area contributed by atoms with Gasteiger partial charge in [0, 0.05) is 6.07 Å². The fraction of sp³-hybridized carbons (Fsp3) is 0.300. The highest BCUT2D eigenvalue weighted by Gasteiger charge is 2.23. The molecule has 0 aliphatic rings. The Balaban J connectivity index is 2.06. The Morgan fingerprint density at radius 1 is 1.15 bits per heavy atom. The molecule has 2 rings (SSSR count). The van der Waals surface area contributed by atoms with E-state index in [1.54, 1.807) is 19.9 Å². The van der Waals surface area contributed by atoms with Crippen molar-refractivity contribution in [1.29, 1.82) is 0 Å². The predicted octanol–water partition coefficient (Wildman–Crippen LogP) is 3.89. The largest absolute Gasteiger partial charge is 0.455 e. The number of ether oxygens (including phenoxy) is 1. The minimum Gasteiger partial charge on any atom is -0.455 e. The van der Waals surface area contributed by atoms with Gasteiger partial charge < -0.3 is 10.1 Å². The molecule has 27 heavy (non-hydrogen) atoms. The number of carbonyl (C=O) groups is 2. The van der Waals surface area contributed by atoms with Crippen LogP contribution in [0.4, 0.5) is 11.4 Å². The highest BCUT2D eigenvalue weighted by atomic mass is 16.6. The van der Waals surface area contributed by atoms with Crippen molar-refractivity contribution >= 4 is 23.3 Å². The Morgan fingerprint density at radius 3 is 2.41 bits per heavy atom. The molecule has 0 fully saturated rings. The van der Waals surface area contributed by atoms with Gasteiger partial charge in [0.15, 0.2) is 6.61 Å². The number of anilines is 1. The van der Waals surface area contributed by atoms with Crippen LogP contribution in [0.5, 0.6) is 0 Å². The average Bonchev–Trinajstić information content (AvgIpc) is 2.65. The summed E-state index contributed by atoms with van der Waals surface area (Å²) in [6.45, 7) is 4.83. The van der Waals surface area contributed by atoms with E-state index in [4.69, 9.17) is 4.74 Å². The number of nitrogens with one attached hydrogen (secondary N) is 1. The van der Waals surface area contributed by atoms with E-state index >= 15 is 0 Å². The summed E-state index contributed by atoms with van der Waals surface area (Å²) in [5.74, 6) is -1.59. The van der Waals surface area contributed by atoms with E-state index in [9.17, 15) is 19.7 Å². The van der Waals surface area contributed by atoms with Gasteiger partial charge in [0.2, 0.25) is 0 Å². The lowest BCUT2D eigenvalue weighted by Crippen LogP contribution is -2.24. The number of nitrogens with zero attached hydrogens (tertiary/aromatic N) is 1. The van der Waals surface area contributed by atoms with Crippen molar-refractivity contribution in [3.63, 3.8) is 0 Å². The molecule has 142 valence electrons. The zero-order chi connectivity index (χ0) is 20.0.